The number of unbranched alkanes of at least 4 members (excludes halogenated alkanes) is 1. The number of benzene rings is 2. The second kappa shape index (κ2) is 10.3. The molecule has 0 radical (unpaired) electrons. The first kappa shape index (κ1) is 24.4. The summed E-state index contributed by atoms with van der Waals surface area (Å²) in [6.07, 6.45) is 4.63. The molecule has 0 saturated carbocycles. The molecule has 1 aliphatic heterocycles. The molecule has 2 heterocycles. The topological polar surface area (TPSA) is 84.3 Å². The van der Waals surface area contributed by atoms with Gasteiger partial charge in [0.2, 0.25) is 15.9 Å². The van der Waals surface area contributed by atoms with Gasteiger partial charge in [0.25, 0.3) is 0 Å². The van der Waals surface area contributed by atoms with Crippen LogP contribution < -0.4 is 5.32 Å². The van der Waals surface area contributed by atoms with Crippen molar-refractivity contribution in [3.8, 4) is 0 Å². The minimum Gasteiger partial charge on any atom is -0.328 e. The average Bonchev–Trinajstić information content (AvgIpc) is 3.47. The number of rotatable bonds is 9. The third-order valence-electron chi connectivity index (χ3n) is 6.69. The second-order valence-electron chi connectivity index (χ2n) is 9.09. The molecule has 4 rings (SSSR count). The highest BCUT2D eigenvalue weighted by Gasteiger charge is 2.28. The lowest BCUT2D eigenvalue weighted by atomic mass is 10.1. The van der Waals surface area contributed by atoms with Crippen LogP contribution in [0.1, 0.15) is 56.0 Å². The first-order chi connectivity index (χ1) is 16.3. The van der Waals surface area contributed by atoms with Gasteiger partial charge in [0.1, 0.15) is 5.82 Å². The Morgan fingerprint density at radius 3 is 2.62 bits per heavy atom. The van der Waals surface area contributed by atoms with Crippen LogP contribution in [-0.2, 0) is 27.8 Å². The number of fused-ring (bicyclic) bond motifs is 1. The van der Waals surface area contributed by atoms with Gasteiger partial charge in [-0.05, 0) is 68.5 Å². The van der Waals surface area contributed by atoms with Crippen molar-refractivity contribution in [3.05, 3.63) is 53.3 Å². The van der Waals surface area contributed by atoms with Crippen molar-refractivity contribution in [3.63, 3.8) is 0 Å². The van der Waals surface area contributed by atoms with Gasteiger partial charge in [0, 0.05) is 38.2 Å². The Bertz CT molecular complexity index is 1290. The van der Waals surface area contributed by atoms with Crippen LogP contribution in [0.2, 0.25) is 0 Å². The summed E-state index contributed by atoms with van der Waals surface area (Å²) in [5, 5.41) is 3.02. The van der Waals surface area contributed by atoms with Gasteiger partial charge in [-0.25, -0.2) is 13.4 Å². The van der Waals surface area contributed by atoms with Crippen LogP contribution in [0.15, 0.2) is 41.3 Å². The van der Waals surface area contributed by atoms with E-state index in [2.05, 4.69) is 16.8 Å². The van der Waals surface area contributed by atoms with Crippen LogP contribution in [-0.4, -0.2) is 41.3 Å². The molecule has 1 fully saturated rings. The normalized spacial score (nSPS) is 14.7. The molecule has 2 aromatic carbocycles. The van der Waals surface area contributed by atoms with Gasteiger partial charge in [-0.3, -0.25) is 4.79 Å². The van der Waals surface area contributed by atoms with Crippen LogP contribution in [0, 0.1) is 13.8 Å². The van der Waals surface area contributed by atoms with E-state index in [0.29, 0.717) is 36.3 Å². The molecule has 0 bridgehead atoms. The minimum absolute atomic E-state index is 0.0555. The molecule has 7 nitrogen and oxygen atoms in total. The number of sulfonamides is 1. The van der Waals surface area contributed by atoms with E-state index in [-0.39, 0.29) is 5.91 Å². The lowest BCUT2D eigenvalue weighted by Crippen LogP contribution is -2.27. The molecule has 0 unspecified atom stereocenters. The molecule has 1 saturated heterocycles. The molecular weight excluding hydrogens is 448 g/mol. The highest BCUT2D eigenvalue weighted by atomic mass is 32.2. The van der Waals surface area contributed by atoms with Crippen LogP contribution in [0.5, 0.6) is 0 Å². The predicted molar refractivity (Wildman–Crippen MR) is 136 cm³/mol. The molecule has 0 spiro atoms. The van der Waals surface area contributed by atoms with E-state index in [1.807, 2.05) is 38.1 Å². The van der Waals surface area contributed by atoms with Gasteiger partial charge in [-0.15, -0.1) is 0 Å². The summed E-state index contributed by atoms with van der Waals surface area (Å²) >= 11 is 0. The van der Waals surface area contributed by atoms with E-state index < -0.39 is 10.0 Å². The van der Waals surface area contributed by atoms with Gasteiger partial charge in [0.15, 0.2) is 0 Å². The van der Waals surface area contributed by atoms with Gasteiger partial charge in [-0.1, -0.05) is 25.5 Å². The fraction of sp³-hybridized carbons (Fsp3) is 0.462. The van der Waals surface area contributed by atoms with E-state index in [1.165, 1.54) is 0 Å². The number of amides is 1. The van der Waals surface area contributed by atoms with Gasteiger partial charge in [-0.2, -0.15) is 4.31 Å². The third kappa shape index (κ3) is 5.03. The lowest BCUT2D eigenvalue weighted by Gasteiger charge is -2.15. The van der Waals surface area contributed by atoms with Crippen LogP contribution in [0.4, 0.5) is 5.69 Å². The number of imidazole rings is 1. The predicted octanol–water partition coefficient (Wildman–Crippen LogP) is 4.81. The number of anilines is 1. The average molecular weight is 483 g/mol. The SMILES string of the molecule is CCCCn1c(CCC(=O)Nc2cccc(C)c2C)nc2cc(S(=O)(=O)N3CCCC3)ccc21. The van der Waals surface area contributed by atoms with Crippen LogP contribution >= 0.6 is 0 Å². The Labute approximate surface area is 202 Å². The minimum atomic E-state index is -3.50. The molecule has 0 aliphatic carbocycles. The number of hydrogen-bond donors (Lipinski definition) is 1. The first-order valence-electron chi connectivity index (χ1n) is 12.2. The van der Waals surface area contributed by atoms with Crippen molar-refractivity contribution in [2.24, 2.45) is 0 Å². The van der Waals surface area contributed by atoms with Crippen molar-refractivity contribution >= 4 is 32.7 Å². The zero-order chi connectivity index (χ0) is 24.3. The van der Waals surface area contributed by atoms with E-state index in [4.69, 9.17) is 4.98 Å². The highest BCUT2D eigenvalue weighted by molar-refractivity contribution is 7.89. The summed E-state index contributed by atoms with van der Waals surface area (Å²) in [5.41, 5.74) is 4.62. The molecule has 0 atom stereocenters. The largest absolute Gasteiger partial charge is 0.328 e. The van der Waals surface area contributed by atoms with E-state index in [9.17, 15) is 13.2 Å². The first-order valence-corrected chi connectivity index (χ1v) is 13.6. The Kier molecular flexibility index (Phi) is 7.38. The van der Waals surface area contributed by atoms with Gasteiger partial charge < -0.3 is 9.88 Å². The maximum absolute atomic E-state index is 13.0. The number of nitrogens with one attached hydrogen (secondary N) is 1. The number of hydrogen-bond acceptors (Lipinski definition) is 4. The zero-order valence-electron chi connectivity index (χ0n) is 20.3. The van der Waals surface area contributed by atoms with Crippen molar-refractivity contribution in [1.82, 2.24) is 13.9 Å². The maximum atomic E-state index is 13.0. The van der Waals surface area contributed by atoms with Crippen molar-refractivity contribution in [2.75, 3.05) is 18.4 Å². The summed E-state index contributed by atoms with van der Waals surface area (Å²) in [5.74, 6) is 0.760. The smallest absolute Gasteiger partial charge is 0.243 e. The van der Waals surface area contributed by atoms with Crippen molar-refractivity contribution < 1.29 is 13.2 Å². The molecule has 1 amide bonds. The van der Waals surface area contributed by atoms with Crippen molar-refractivity contribution in [2.45, 2.75) is 70.7 Å². The molecular formula is C26H34N4O3S. The maximum Gasteiger partial charge on any atom is 0.243 e. The van der Waals surface area contributed by atoms with Gasteiger partial charge in [0.05, 0.1) is 15.9 Å². The summed E-state index contributed by atoms with van der Waals surface area (Å²) < 4.78 is 29.7. The molecule has 182 valence electrons. The number of aryl methyl sites for hydroxylation is 3. The zero-order valence-corrected chi connectivity index (χ0v) is 21.1. The summed E-state index contributed by atoms with van der Waals surface area (Å²) in [4.78, 5) is 17.8. The van der Waals surface area contributed by atoms with E-state index in [0.717, 1.165) is 60.4 Å². The van der Waals surface area contributed by atoms with Crippen molar-refractivity contribution in [1.29, 1.82) is 0 Å². The lowest BCUT2D eigenvalue weighted by molar-refractivity contribution is -0.116. The quantitative estimate of drug-likeness (QED) is 0.474. The number of carbonyl (C=O) groups is 1. The molecule has 1 N–H and O–H groups in total. The molecule has 8 heteroatoms. The Hall–Kier alpha value is -2.71. The fourth-order valence-electron chi connectivity index (χ4n) is 4.48. The van der Waals surface area contributed by atoms with E-state index in [1.54, 1.807) is 16.4 Å². The monoisotopic (exact) mass is 482 g/mol. The fourth-order valence-corrected chi connectivity index (χ4v) is 6.02. The van der Waals surface area contributed by atoms with Gasteiger partial charge >= 0.3 is 0 Å². The Morgan fingerprint density at radius 1 is 1.12 bits per heavy atom. The second-order valence-corrected chi connectivity index (χ2v) is 11.0. The Morgan fingerprint density at radius 2 is 1.88 bits per heavy atom. The van der Waals surface area contributed by atoms with Crippen LogP contribution in [0.3, 0.4) is 0 Å². The molecule has 1 aliphatic rings. The molecule has 1 aromatic heterocycles. The summed E-state index contributed by atoms with van der Waals surface area (Å²) in [7, 11) is -3.50. The number of carbonyl (C=O) groups excluding carboxylic acids is 1. The Balaban J connectivity index is 1.57. The standard InChI is InChI=1S/C26H34N4O3S/c1-4-5-17-30-24-12-11-21(34(32,33)29-15-6-7-16-29)18-23(24)27-25(30)13-14-26(31)28-22-10-8-9-19(2)20(22)3/h8-12,18H,4-7,13-17H2,1-3H3,(H,28,31). The highest BCUT2D eigenvalue weighted by Crippen LogP contribution is 2.26. The molecule has 34 heavy (non-hydrogen) atoms. The third-order valence-corrected chi connectivity index (χ3v) is 8.59. The van der Waals surface area contributed by atoms with Crippen LogP contribution in [0.25, 0.3) is 11.0 Å². The number of nitrogens with zero attached hydrogens (tertiary/aromatic N) is 3. The number of aromatic nitrogens is 2. The van der Waals surface area contributed by atoms with E-state index >= 15 is 0 Å². The summed E-state index contributed by atoms with van der Waals surface area (Å²) in [6, 6.07) is 11.1. The summed E-state index contributed by atoms with van der Waals surface area (Å²) in [6.45, 7) is 8.11. The molecule has 3 aromatic rings.